The van der Waals surface area contributed by atoms with Crippen LogP contribution < -0.4 is 5.73 Å². The highest BCUT2D eigenvalue weighted by Gasteiger charge is 2.14. The molecule has 0 saturated carbocycles. The molecule has 3 rings (SSSR count). The number of benzene rings is 1. The van der Waals surface area contributed by atoms with Gasteiger partial charge in [0.1, 0.15) is 0 Å². The predicted molar refractivity (Wildman–Crippen MR) is 101 cm³/mol. The number of ether oxygens (including phenoxy) is 1. The molecule has 0 unspecified atom stereocenters. The van der Waals surface area contributed by atoms with Crippen LogP contribution in [0.4, 0.5) is 0 Å². The average molecular weight is 414 g/mol. The normalized spacial score (nSPS) is 15.9. The molecule has 0 spiro atoms. The summed E-state index contributed by atoms with van der Waals surface area (Å²) < 4.78 is 7.54. The number of aromatic nitrogens is 1. The fourth-order valence-corrected chi connectivity index (χ4v) is 2.91. The van der Waals surface area contributed by atoms with Crippen LogP contribution in [-0.2, 0) is 18.3 Å². The van der Waals surface area contributed by atoms with Crippen molar-refractivity contribution in [3.63, 3.8) is 0 Å². The van der Waals surface area contributed by atoms with Crippen LogP contribution in [0.2, 0.25) is 0 Å². The van der Waals surface area contributed by atoms with E-state index in [9.17, 15) is 0 Å². The van der Waals surface area contributed by atoms with Gasteiger partial charge < -0.3 is 19.9 Å². The van der Waals surface area contributed by atoms with E-state index in [0.717, 1.165) is 26.3 Å². The maximum absolute atomic E-state index is 6.10. The van der Waals surface area contributed by atoms with Crippen molar-refractivity contribution < 1.29 is 4.74 Å². The Morgan fingerprint density at radius 3 is 2.64 bits per heavy atom. The molecule has 0 atom stereocenters. The molecule has 2 N–H and O–H groups in total. The summed E-state index contributed by atoms with van der Waals surface area (Å²) >= 11 is 0. The first-order valence-corrected chi connectivity index (χ1v) is 7.34. The number of fused-ring (bicyclic) bond motifs is 1. The van der Waals surface area contributed by atoms with Crippen LogP contribution in [0.15, 0.2) is 29.3 Å². The Labute approximate surface area is 148 Å². The van der Waals surface area contributed by atoms with Gasteiger partial charge in [0, 0.05) is 36.7 Å². The lowest BCUT2D eigenvalue weighted by atomic mass is 10.1. The summed E-state index contributed by atoms with van der Waals surface area (Å²) in [5, 5.41) is 1.29. The Balaban J connectivity index is 0.00000176. The molecule has 1 aliphatic heterocycles. The minimum Gasteiger partial charge on any atom is -0.378 e. The van der Waals surface area contributed by atoms with Crippen molar-refractivity contribution in [2.75, 3.05) is 26.3 Å². The van der Waals surface area contributed by atoms with Gasteiger partial charge in [0.15, 0.2) is 5.96 Å². The van der Waals surface area contributed by atoms with Gasteiger partial charge in [-0.1, -0.05) is 18.2 Å². The van der Waals surface area contributed by atoms with Crippen LogP contribution in [-0.4, -0.2) is 41.7 Å². The van der Waals surface area contributed by atoms with Crippen molar-refractivity contribution in [1.82, 2.24) is 9.47 Å². The number of rotatable bonds is 2. The molecule has 0 radical (unpaired) electrons. The highest BCUT2D eigenvalue weighted by atomic mass is 127. The van der Waals surface area contributed by atoms with Crippen molar-refractivity contribution >= 4 is 40.8 Å². The Kier molecular flexibility index (Phi) is 5.69. The molecule has 2 aromatic rings. The molecule has 1 saturated heterocycles. The zero-order chi connectivity index (χ0) is 14.8. The molecule has 5 nitrogen and oxygen atoms in total. The molecule has 0 amide bonds. The second kappa shape index (κ2) is 7.32. The van der Waals surface area contributed by atoms with Gasteiger partial charge in [-0.15, -0.1) is 24.0 Å². The molecule has 0 aliphatic carbocycles. The van der Waals surface area contributed by atoms with Crippen LogP contribution >= 0.6 is 24.0 Å². The van der Waals surface area contributed by atoms with E-state index in [1.165, 1.54) is 22.2 Å². The molecular weight excluding hydrogens is 391 g/mol. The Morgan fingerprint density at radius 1 is 1.27 bits per heavy atom. The summed E-state index contributed by atoms with van der Waals surface area (Å²) in [6.45, 7) is 5.86. The van der Waals surface area contributed by atoms with Crippen LogP contribution in [0.5, 0.6) is 0 Å². The van der Waals surface area contributed by atoms with Crippen molar-refractivity contribution in [3.05, 3.63) is 35.5 Å². The zero-order valence-corrected chi connectivity index (χ0v) is 15.4. The second-order valence-corrected chi connectivity index (χ2v) is 5.42. The average Bonchev–Trinajstić information content (AvgIpc) is 2.78. The van der Waals surface area contributed by atoms with E-state index in [4.69, 9.17) is 10.5 Å². The lowest BCUT2D eigenvalue weighted by Gasteiger charge is -2.27. The Hall–Kier alpha value is -1.28. The fourth-order valence-electron chi connectivity index (χ4n) is 2.91. The first kappa shape index (κ1) is 17.1. The number of aliphatic imine (C=N–C) groups is 1. The van der Waals surface area contributed by atoms with Gasteiger partial charge in [0.2, 0.25) is 0 Å². The Bertz CT molecular complexity index is 635. The highest BCUT2D eigenvalue weighted by Crippen LogP contribution is 2.24. The molecule has 1 aromatic carbocycles. The summed E-state index contributed by atoms with van der Waals surface area (Å²) in [6.07, 6.45) is 0. The van der Waals surface area contributed by atoms with Gasteiger partial charge in [0.05, 0.1) is 19.8 Å². The molecule has 2 heterocycles. The first-order valence-electron chi connectivity index (χ1n) is 7.34. The SMILES string of the molecule is Cc1c(CN=C(N)N2CCOCC2)n(C)c2ccccc12.I. The van der Waals surface area contributed by atoms with Crippen molar-refractivity contribution in [2.24, 2.45) is 17.8 Å². The van der Waals surface area contributed by atoms with E-state index < -0.39 is 0 Å². The number of nitrogens with two attached hydrogens (primary N) is 1. The number of guanidine groups is 1. The zero-order valence-electron chi connectivity index (χ0n) is 13.1. The molecule has 22 heavy (non-hydrogen) atoms. The molecule has 1 aromatic heterocycles. The standard InChI is InChI=1S/C16H22N4O.HI/c1-12-13-5-3-4-6-14(13)19(2)15(12)11-18-16(17)20-7-9-21-10-8-20;/h3-6H,7-11H2,1-2H3,(H2,17,18);1H. The van der Waals surface area contributed by atoms with Crippen LogP contribution in [0, 0.1) is 6.92 Å². The van der Waals surface area contributed by atoms with Crippen molar-refractivity contribution in [1.29, 1.82) is 0 Å². The van der Waals surface area contributed by atoms with Gasteiger partial charge in [-0.2, -0.15) is 0 Å². The van der Waals surface area contributed by atoms with Crippen LogP contribution in [0.25, 0.3) is 10.9 Å². The molecule has 120 valence electrons. The Morgan fingerprint density at radius 2 is 1.95 bits per heavy atom. The summed E-state index contributed by atoms with van der Waals surface area (Å²) in [6, 6.07) is 8.44. The summed E-state index contributed by atoms with van der Waals surface area (Å²) in [4.78, 5) is 6.66. The predicted octanol–water partition coefficient (Wildman–Crippen LogP) is 2.25. The number of halogens is 1. The van der Waals surface area contributed by atoms with E-state index >= 15 is 0 Å². The lowest BCUT2D eigenvalue weighted by Crippen LogP contribution is -2.44. The fraction of sp³-hybridized carbons (Fsp3) is 0.438. The van der Waals surface area contributed by atoms with Crippen LogP contribution in [0.1, 0.15) is 11.3 Å². The number of morpholine rings is 1. The first-order chi connectivity index (χ1) is 10.2. The number of hydrogen-bond donors (Lipinski definition) is 1. The van der Waals surface area contributed by atoms with E-state index in [-0.39, 0.29) is 24.0 Å². The maximum atomic E-state index is 6.10. The van der Waals surface area contributed by atoms with Crippen molar-refractivity contribution in [2.45, 2.75) is 13.5 Å². The van der Waals surface area contributed by atoms with Crippen LogP contribution in [0.3, 0.4) is 0 Å². The topological polar surface area (TPSA) is 55.8 Å². The number of nitrogens with zero attached hydrogens (tertiary/aromatic N) is 3. The van der Waals surface area contributed by atoms with Gasteiger partial charge in [0.25, 0.3) is 0 Å². The second-order valence-electron chi connectivity index (χ2n) is 5.42. The highest BCUT2D eigenvalue weighted by molar-refractivity contribution is 14.0. The molecule has 1 fully saturated rings. The number of aryl methyl sites for hydroxylation is 2. The van der Waals surface area contributed by atoms with E-state index in [1.54, 1.807) is 0 Å². The molecule has 0 bridgehead atoms. The van der Waals surface area contributed by atoms with E-state index in [0.29, 0.717) is 12.5 Å². The largest absolute Gasteiger partial charge is 0.378 e. The summed E-state index contributed by atoms with van der Waals surface area (Å²) in [5.74, 6) is 0.614. The maximum Gasteiger partial charge on any atom is 0.191 e. The molecular formula is C16H23IN4O. The van der Waals surface area contributed by atoms with Gasteiger partial charge in [-0.3, -0.25) is 0 Å². The van der Waals surface area contributed by atoms with E-state index in [2.05, 4.69) is 52.7 Å². The third kappa shape index (κ3) is 3.22. The molecule has 1 aliphatic rings. The van der Waals surface area contributed by atoms with Gasteiger partial charge in [-0.05, 0) is 18.6 Å². The van der Waals surface area contributed by atoms with E-state index in [1.807, 2.05) is 0 Å². The third-order valence-electron chi connectivity index (χ3n) is 4.23. The monoisotopic (exact) mass is 414 g/mol. The summed E-state index contributed by atoms with van der Waals surface area (Å²) in [7, 11) is 2.09. The van der Waals surface area contributed by atoms with Gasteiger partial charge >= 0.3 is 0 Å². The minimum atomic E-state index is 0. The minimum absolute atomic E-state index is 0. The third-order valence-corrected chi connectivity index (χ3v) is 4.23. The van der Waals surface area contributed by atoms with Crippen molar-refractivity contribution in [3.8, 4) is 0 Å². The number of hydrogen-bond acceptors (Lipinski definition) is 2. The lowest BCUT2D eigenvalue weighted by molar-refractivity contribution is 0.0674. The quantitative estimate of drug-likeness (QED) is 0.466. The summed E-state index contributed by atoms with van der Waals surface area (Å²) in [5.41, 5.74) is 9.84. The molecule has 6 heteroatoms. The van der Waals surface area contributed by atoms with Gasteiger partial charge in [-0.25, -0.2) is 4.99 Å². The number of para-hydroxylation sites is 1. The smallest absolute Gasteiger partial charge is 0.191 e.